The van der Waals surface area contributed by atoms with Crippen LogP contribution in [0.1, 0.15) is 5.56 Å². The van der Waals surface area contributed by atoms with Gasteiger partial charge in [0.15, 0.2) is 0 Å². The summed E-state index contributed by atoms with van der Waals surface area (Å²) in [6.45, 7) is 0. The van der Waals surface area contributed by atoms with Crippen molar-refractivity contribution in [3.8, 4) is 5.75 Å². The summed E-state index contributed by atoms with van der Waals surface area (Å²) in [6.07, 6.45) is -10.3. The Morgan fingerprint density at radius 3 is 2.12 bits per heavy atom. The lowest BCUT2D eigenvalue weighted by Gasteiger charge is -2.16. The molecule has 1 aromatic heterocycles. The molecule has 0 atom stereocenters. The van der Waals surface area contributed by atoms with Gasteiger partial charge >= 0.3 is 12.5 Å². The van der Waals surface area contributed by atoms with Crippen molar-refractivity contribution in [3.05, 3.63) is 20.5 Å². The molecule has 1 rings (SSSR count). The number of nitrogens with zero attached hydrogens (tertiary/aromatic N) is 1. The molecule has 1 heterocycles. The SMILES string of the molecule is FC(F)(F)Oc1cc(Cl)nc(I)c1C(F)(F)F. The fourth-order valence-corrected chi connectivity index (χ4v) is 2.08. The highest BCUT2D eigenvalue weighted by molar-refractivity contribution is 14.1. The maximum atomic E-state index is 12.5. The van der Waals surface area contributed by atoms with Gasteiger partial charge in [0, 0.05) is 6.07 Å². The third kappa shape index (κ3) is 4.05. The van der Waals surface area contributed by atoms with E-state index in [0.29, 0.717) is 6.07 Å². The standard InChI is InChI=1S/C7HClF6INO/c8-3-1-2(17-7(12,13)14)4(5(15)16-3)6(9,10)11/h1H. The van der Waals surface area contributed by atoms with E-state index in [1.165, 1.54) is 0 Å². The van der Waals surface area contributed by atoms with E-state index in [4.69, 9.17) is 11.6 Å². The number of halogens is 8. The largest absolute Gasteiger partial charge is 0.573 e. The molecule has 0 aliphatic carbocycles. The Hall–Kier alpha value is -0.450. The lowest BCUT2D eigenvalue weighted by molar-refractivity contribution is -0.276. The molecule has 1 aromatic rings. The highest BCUT2D eigenvalue weighted by Gasteiger charge is 2.42. The fourth-order valence-electron chi connectivity index (χ4n) is 0.926. The van der Waals surface area contributed by atoms with Crippen LogP contribution in [0.5, 0.6) is 5.75 Å². The number of ether oxygens (including phenoxy) is 1. The van der Waals surface area contributed by atoms with Crippen molar-refractivity contribution in [1.82, 2.24) is 4.98 Å². The number of hydrogen-bond acceptors (Lipinski definition) is 2. The Balaban J connectivity index is 3.36. The van der Waals surface area contributed by atoms with E-state index in [2.05, 4.69) is 9.72 Å². The third-order valence-electron chi connectivity index (χ3n) is 1.42. The van der Waals surface area contributed by atoms with Gasteiger partial charge in [-0.25, -0.2) is 4.98 Å². The number of pyridine rings is 1. The Kier molecular flexibility index (Phi) is 4.01. The minimum absolute atomic E-state index is 0.361. The van der Waals surface area contributed by atoms with Crippen molar-refractivity contribution in [2.45, 2.75) is 12.5 Å². The normalized spacial score (nSPS) is 12.7. The van der Waals surface area contributed by atoms with Crippen molar-refractivity contribution in [2.75, 3.05) is 0 Å². The van der Waals surface area contributed by atoms with Crippen LogP contribution in [0.15, 0.2) is 6.07 Å². The first-order chi connectivity index (χ1) is 7.50. The number of aromatic nitrogens is 1. The molecule has 2 nitrogen and oxygen atoms in total. The van der Waals surface area contributed by atoms with Gasteiger partial charge < -0.3 is 4.74 Å². The zero-order valence-corrected chi connectivity index (χ0v) is 10.4. The summed E-state index contributed by atoms with van der Waals surface area (Å²) in [5.74, 6) is -1.42. The Bertz CT molecular complexity index is 432. The van der Waals surface area contributed by atoms with Crippen LogP contribution in [-0.4, -0.2) is 11.3 Å². The average molecular weight is 391 g/mol. The molecular formula is C7HClF6INO. The van der Waals surface area contributed by atoms with Crippen LogP contribution >= 0.6 is 34.2 Å². The quantitative estimate of drug-likeness (QED) is 0.406. The number of alkyl halides is 6. The lowest BCUT2D eigenvalue weighted by atomic mass is 10.2. The van der Waals surface area contributed by atoms with Crippen LogP contribution in [0.3, 0.4) is 0 Å². The molecule has 0 amide bonds. The topological polar surface area (TPSA) is 22.1 Å². The van der Waals surface area contributed by atoms with Gasteiger partial charge in [-0.05, 0) is 22.6 Å². The smallest absolute Gasteiger partial charge is 0.405 e. The Labute approximate surface area is 109 Å². The molecule has 0 N–H and O–H groups in total. The van der Waals surface area contributed by atoms with E-state index in [0.717, 1.165) is 22.6 Å². The van der Waals surface area contributed by atoms with Crippen LogP contribution in [-0.2, 0) is 6.18 Å². The number of rotatable bonds is 1. The molecule has 17 heavy (non-hydrogen) atoms. The van der Waals surface area contributed by atoms with Crippen LogP contribution in [0, 0.1) is 3.70 Å². The van der Waals surface area contributed by atoms with E-state index in [1.54, 1.807) is 0 Å². The second-order valence-corrected chi connectivity index (χ2v) is 4.06. The van der Waals surface area contributed by atoms with Gasteiger partial charge in [0.05, 0.1) is 0 Å². The van der Waals surface area contributed by atoms with Gasteiger partial charge in [0.1, 0.15) is 20.2 Å². The minimum Gasteiger partial charge on any atom is -0.405 e. The predicted molar refractivity (Wildman–Crippen MR) is 53.6 cm³/mol. The summed E-state index contributed by atoms with van der Waals surface area (Å²) in [7, 11) is 0. The highest BCUT2D eigenvalue weighted by Crippen LogP contribution is 2.41. The predicted octanol–water partition coefficient (Wildman–Crippen LogP) is 4.26. The van der Waals surface area contributed by atoms with E-state index in [-0.39, 0.29) is 0 Å². The summed E-state index contributed by atoms with van der Waals surface area (Å²) >= 11 is 6.40. The molecule has 0 saturated heterocycles. The van der Waals surface area contributed by atoms with Crippen LogP contribution in [0.25, 0.3) is 0 Å². The summed E-state index contributed by atoms with van der Waals surface area (Å²) < 4.78 is 75.7. The van der Waals surface area contributed by atoms with Crippen molar-refractivity contribution in [3.63, 3.8) is 0 Å². The van der Waals surface area contributed by atoms with Crippen molar-refractivity contribution < 1.29 is 31.1 Å². The molecule has 0 saturated carbocycles. The van der Waals surface area contributed by atoms with Gasteiger partial charge in [0.25, 0.3) is 0 Å². The Morgan fingerprint density at radius 2 is 1.71 bits per heavy atom. The molecule has 0 fully saturated rings. The second-order valence-electron chi connectivity index (χ2n) is 2.65. The molecule has 0 aromatic carbocycles. The van der Waals surface area contributed by atoms with E-state index in [1.807, 2.05) is 0 Å². The summed E-state index contributed by atoms with van der Waals surface area (Å²) in [5.41, 5.74) is -1.61. The fraction of sp³-hybridized carbons (Fsp3) is 0.286. The third-order valence-corrected chi connectivity index (χ3v) is 2.39. The molecule has 10 heteroatoms. The first-order valence-electron chi connectivity index (χ1n) is 3.69. The van der Waals surface area contributed by atoms with Crippen molar-refractivity contribution in [1.29, 1.82) is 0 Å². The Morgan fingerprint density at radius 1 is 1.18 bits per heavy atom. The molecular weight excluding hydrogens is 390 g/mol. The average Bonchev–Trinajstić information content (AvgIpc) is 1.94. The van der Waals surface area contributed by atoms with Gasteiger partial charge in [-0.2, -0.15) is 13.2 Å². The van der Waals surface area contributed by atoms with Crippen LogP contribution < -0.4 is 4.74 Å². The second kappa shape index (κ2) is 4.67. The van der Waals surface area contributed by atoms with Gasteiger partial charge in [-0.1, -0.05) is 11.6 Å². The van der Waals surface area contributed by atoms with Crippen LogP contribution in [0.4, 0.5) is 26.3 Å². The minimum atomic E-state index is -5.24. The molecule has 0 radical (unpaired) electrons. The van der Waals surface area contributed by atoms with Gasteiger partial charge in [-0.15, -0.1) is 13.2 Å². The first kappa shape index (κ1) is 14.6. The summed E-state index contributed by atoms with van der Waals surface area (Å²) in [5, 5.41) is -0.526. The van der Waals surface area contributed by atoms with E-state index >= 15 is 0 Å². The molecule has 0 bridgehead atoms. The van der Waals surface area contributed by atoms with Crippen LogP contribution in [0.2, 0.25) is 5.15 Å². The van der Waals surface area contributed by atoms with E-state index < -0.39 is 32.7 Å². The summed E-state index contributed by atoms with van der Waals surface area (Å²) in [4.78, 5) is 3.22. The van der Waals surface area contributed by atoms with Crippen molar-refractivity contribution in [2.24, 2.45) is 0 Å². The first-order valence-corrected chi connectivity index (χ1v) is 5.15. The van der Waals surface area contributed by atoms with Gasteiger partial charge in [0.2, 0.25) is 0 Å². The molecule has 0 aliphatic heterocycles. The van der Waals surface area contributed by atoms with Gasteiger partial charge in [-0.3, -0.25) is 0 Å². The molecule has 0 unspecified atom stereocenters. The summed E-state index contributed by atoms with van der Waals surface area (Å²) in [6, 6.07) is 0.361. The molecule has 96 valence electrons. The molecule has 0 spiro atoms. The number of hydrogen-bond donors (Lipinski definition) is 0. The highest BCUT2D eigenvalue weighted by atomic mass is 127. The maximum absolute atomic E-state index is 12.5. The lowest BCUT2D eigenvalue weighted by Crippen LogP contribution is -2.21. The maximum Gasteiger partial charge on any atom is 0.573 e. The van der Waals surface area contributed by atoms with Crippen molar-refractivity contribution >= 4 is 34.2 Å². The zero-order chi connectivity index (χ0) is 13.4. The van der Waals surface area contributed by atoms with E-state index in [9.17, 15) is 26.3 Å². The molecule has 0 aliphatic rings. The zero-order valence-electron chi connectivity index (χ0n) is 7.46. The monoisotopic (exact) mass is 391 g/mol.